The fourth-order valence-electron chi connectivity index (χ4n) is 3.46. The Morgan fingerprint density at radius 1 is 1.36 bits per heavy atom. The van der Waals surface area contributed by atoms with Gasteiger partial charge in [-0.05, 0) is 12.0 Å². The van der Waals surface area contributed by atoms with Crippen molar-refractivity contribution in [3.05, 3.63) is 23.8 Å². The summed E-state index contributed by atoms with van der Waals surface area (Å²) < 4.78 is 6.80. The number of fused-ring (bicyclic) bond motifs is 1. The van der Waals surface area contributed by atoms with Crippen LogP contribution in [0.15, 0.2) is 18.0 Å². The number of nitrogens with two attached hydrogens (primary N) is 1. The molecular weight excluding hydrogens is 328 g/mol. The Morgan fingerprint density at radius 3 is 2.68 bits per heavy atom. The third-order valence-electron chi connectivity index (χ3n) is 4.76. The van der Waals surface area contributed by atoms with Crippen LogP contribution in [0.3, 0.4) is 0 Å². The second-order valence-corrected chi connectivity index (χ2v) is 6.83. The van der Waals surface area contributed by atoms with Crippen LogP contribution in [0.4, 0.5) is 0 Å². The summed E-state index contributed by atoms with van der Waals surface area (Å²) in [5, 5.41) is 24.9. The number of hydrogen-bond acceptors (Lipinski definition) is 7. The lowest BCUT2D eigenvalue weighted by atomic mass is 9.86. The van der Waals surface area contributed by atoms with Crippen LogP contribution in [-0.4, -0.2) is 55.2 Å². The van der Waals surface area contributed by atoms with E-state index >= 15 is 0 Å². The number of ether oxygens (including phenoxy) is 1. The van der Waals surface area contributed by atoms with Gasteiger partial charge >= 0.3 is 5.97 Å². The summed E-state index contributed by atoms with van der Waals surface area (Å²) in [6.07, 6.45) is 1.66. The molecule has 1 amide bonds. The molecule has 25 heavy (non-hydrogen) atoms. The van der Waals surface area contributed by atoms with Crippen molar-refractivity contribution in [3.63, 3.8) is 0 Å². The zero-order valence-electron chi connectivity index (χ0n) is 14.1. The Labute approximate surface area is 144 Å². The molecule has 0 unspecified atom stereocenters. The van der Waals surface area contributed by atoms with Crippen LogP contribution in [0.2, 0.25) is 0 Å². The number of aliphatic hydroxyl groups is 2. The predicted octanol–water partition coefficient (Wildman–Crippen LogP) is -0.442. The van der Waals surface area contributed by atoms with E-state index in [4.69, 9.17) is 10.5 Å². The molecule has 1 saturated carbocycles. The quantitative estimate of drug-likeness (QED) is 0.494. The number of rotatable bonds is 4. The maximum Gasteiger partial charge on any atom is 0.308 e. The lowest BCUT2D eigenvalue weighted by Gasteiger charge is -2.28. The highest BCUT2D eigenvalue weighted by Crippen LogP contribution is 2.45. The second kappa shape index (κ2) is 6.57. The predicted molar refractivity (Wildman–Crippen MR) is 85.1 cm³/mol. The van der Waals surface area contributed by atoms with E-state index in [1.807, 2.05) is 6.08 Å². The minimum atomic E-state index is -1.10. The summed E-state index contributed by atoms with van der Waals surface area (Å²) >= 11 is 0. The van der Waals surface area contributed by atoms with Gasteiger partial charge < -0.3 is 20.7 Å². The van der Waals surface area contributed by atoms with E-state index in [-0.39, 0.29) is 29.7 Å². The molecule has 9 nitrogen and oxygen atoms in total. The fraction of sp³-hybridized carbons (Fsp3) is 0.625. The Morgan fingerprint density at radius 2 is 2.08 bits per heavy atom. The molecule has 9 heteroatoms. The van der Waals surface area contributed by atoms with Gasteiger partial charge in [0.1, 0.15) is 24.6 Å². The normalized spacial score (nSPS) is 31.6. The van der Waals surface area contributed by atoms with E-state index in [2.05, 4.69) is 10.1 Å². The zero-order chi connectivity index (χ0) is 18.3. The highest BCUT2D eigenvalue weighted by atomic mass is 16.5. The molecule has 0 spiro atoms. The molecule has 1 aromatic rings. The van der Waals surface area contributed by atoms with Crippen LogP contribution in [0.1, 0.15) is 43.3 Å². The van der Waals surface area contributed by atoms with Crippen molar-refractivity contribution in [2.45, 2.75) is 51.0 Å². The maximum absolute atomic E-state index is 11.8. The molecule has 4 N–H and O–H groups in total. The maximum atomic E-state index is 11.8. The number of primary amides is 1. The molecule has 0 aliphatic heterocycles. The molecule has 0 aromatic carbocycles. The van der Waals surface area contributed by atoms with Crippen LogP contribution in [0.25, 0.3) is 0 Å². The summed E-state index contributed by atoms with van der Waals surface area (Å²) in [6, 6.07) is -0.623. The standard InChI is InChI=1S/C16H22N4O5/c1-7(2)16(24)25-8-3-4-9-10(5-8)12(21)13(22)11(9)20-6-18-15(19-20)14(17)23/h4,6-8,10-13,21-22H,3,5H2,1-2H3,(H2,17,23)/t8-,10-,11+,12+,13-/m0/s1. The van der Waals surface area contributed by atoms with E-state index in [0.717, 1.165) is 5.57 Å². The van der Waals surface area contributed by atoms with Crippen molar-refractivity contribution in [1.29, 1.82) is 0 Å². The van der Waals surface area contributed by atoms with E-state index in [0.29, 0.717) is 12.8 Å². The summed E-state index contributed by atoms with van der Waals surface area (Å²) in [5.41, 5.74) is 5.96. The molecule has 5 atom stereocenters. The topological polar surface area (TPSA) is 141 Å². The molecule has 1 aromatic heterocycles. The van der Waals surface area contributed by atoms with Crippen molar-refractivity contribution >= 4 is 11.9 Å². The van der Waals surface area contributed by atoms with Gasteiger partial charge in [0.15, 0.2) is 0 Å². The number of hydrogen-bond donors (Lipinski definition) is 3. The molecular formula is C16H22N4O5. The Balaban J connectivity index is 1.82. The minimum Gasteiger partial charge on any atom is -0.462 e. The summed E-state index contributed by atoms with van der Waals surface area (Å²) in [6.45, 7) is 3.52. The summed E-state index contributed by atoms with van der Waals surface area (Å²) in [7, 11) is 0. The molecule has 1 fully saturated rings. The SMILES string of the molecule is CC(C)C(=O)O[C@H]1CC=C2[C@@H](n3cnc(C(N)=O)n3)[C@H](O)[C@H](O)[C@H]2C1. The largest absolute Gasteiger partial charge is 0.462 e. The lowest BCUT2D eigenvalue weighted by Crippen LogP contribution is -2.32. The average Bonchev–Trinajstić information content (AvgIpc) is 3.12. The van der Waals surface area contributed by atoms with Gasteiger partial charge in [-0.2, -0.15) is 0 Å². The van der Waals surface area contributed by atoms with E-state index in [9.17, 15) is 19.8 Å². The Hall–Kier alpha value is -2.26. The van der Waals surface area contributed by atoms with Crippen LogP contribution < -0.4 is 5.73 Å². The zero-order valence-corrected chi connectivity index (χ0v) is 14.1. The summed E-state index contributed by atoms with van der Waals surface area (Å²) in [4.78, 5) is 26.8. The smallest absolute Gasteiger partial charge is 0.308 e. The Kier molecular flexibility index (Phi) is 4.61. The third-order valence-corrected chi connectivity index (χ3v) is 4.76. The number of carbonyl (C=O) groups is 2. The number of esters is 1. The lowest BCUT2D eigenvalue weighted by molar-refractivity contribution is -0.154. The van der Waals surface area contributed by atoms with Crippen LogP contribution >= 0.6 is 0 Å². The molecule has 136 valence electrons. The first kappa shape index (κ1) is 17.6. The highest BCUT2D eigenvalue weighted by molar-refractivity contribution is 5.88. The van der Waals surface area contributed by atoms with E-state index in [1.165, 1.54) is 11.0 Å². The highest BCUT2D eigenvalue weighted by Gasteiger charge is 2.49. The van der Waals surface area contributed by atoms with E-state index in [1.54, 1.807) is 13.8 Å². The number of aliphatic hydroxyl groups excluding tert-OH is 2. The molecule has 2 aliphatic rings. The van der Waals surface area contributed by atoms with Gasteiger partial charge in [-0.15, -0.1) is 5.10 Å². The van der Waals surface area contributed by atoms with Gasteiger partial charge in [-0.3, -0.25) is 9.59 Å². The van der Waals surface area contributed by atoms with E-state index < -0.39 is 24.2 Å². The van der Waals surface area contributed by atoms with Gasteiger partial charge in [-0.25, -0.2) is 9.67 Å². The van der Waals surface area contributed by atoms with Crippen LogP contribution in [0, 0.1) is 11.8 Å². The number of aromatic nitrogens is 3. The molecule has 0 bridgehead atoms. The van der Waals surface area contributed by atoms with Crippen molar-refractivity contribution in [3.8, 4) is 0 Å². The van der Waals surface area contributed by atoms with Crippen molar-refractivity contribution < 1.29 is 24.5 Å². The first-order chi connectivity index (χ1) is 11.8. The van der Waals surface area contributed by atoms with Crippen LogP contribution in [-0.2, 0) is 9.53 Å². The first-order valence-corrected chi connectivity index (χ1v) is 8.27. The molecule has 2 aliphatic carbocycles. The molecule has 1 heterocycles. The monoisotopic (exact) mass is 350 g/mol. The van der Waals surface area contributed by atoms with Gasteiger partial charge in [0.05, 0.1) is 12.0 Å². The second-order valence-electron chi connectivity index (χ2n) is 6.83. The number of nitrogens with zero attached hydrogens (tertiary/aromatic N) is 3. The third kappa shape index (κ3) is 3.16. The summed E-state index contributed by atoms with van der Waals surface area (Å²) in [5.74, 6) is -1.76. The van der Waals surface area contributed by atoms with Gasteiger partial charge in [-0.1, -0.05) is 19.9 Å². The van der Waals surface area contributed by atoms with Crippen molar-refractivity contribution in [2.75, 3.05) is 0 Å². The molecule has 3 rings (SSSR count). The Bertz CT molecular complexity index is 713. The fourth-order valence-corrected chi connectivity index (χ4v) is 3.46. The average molecular weight is 350 g/mol. The number of amides is 1. The van der Waals surface area contributed by atoms with Crippen LogP contribution in [0.5, 0.6) is 0 Å². The minimum absolute atomic E-state index is 0.148. The van der Waals surface area contributed by atoms with Crippen molar-refractivity contribution in [1.82, 2.24) is 14.8 Å². The van der Waals surface area contributed by atoms with Gasteiger partial charge in [0.25, 0.3) is 5.91 Å². The number of carbonyl (C=O) groups excluding carboxylic acids is 2. The molecule has 0 saturated heterocycles. The van der Waals surface area contributed by atoms with Gasteiger partial charge in [0.2, 0.25) is 5.82 Å². The van der Waals surface area contributed by atoms with Gasteiger partial charge in [0, 0.05) is 12.3 Å². The van der Waals surface area contributed by atoms with Crippen molar-refractivity contribution in [2.24, 2.45) is 17.6 Å². The first-order valence-electron chi connectivity index (χ1n) is 8.27. The molecule has 0 radical (unpaired) electrons.